The fraction of sp³-hybridized carbons (Fsp3) is 1.00. The van der Waals surface area contributed by atoms with Crippen molar-refractivity contribution in [1.29, 1.82) is 0 Å². The van der Waals surface area contributed by atoms with Gasteiger partial charge in [-0.1, -0.05) is 27.2 Å². The molecule has 0 saturated carbocycles. The molecule has 0 fully saturated rings. The first kappa shape index (κ1) is 11.9. The Labute approximate surface area is 77.1 Å². The van der Waals surface area contributed by atoms with Crippen molar-refractivity contribution < 1.29 is 0 Å². The zero-order chi connectivity index (χ0) is 9.23. The smallest absolute Gasteiger partial charge is 0.00768 e. The second kappa shape index (κ2) is 9.01. The van der Waals surface area contributed by atoms with Gasteiger partial charge in [0.05, 0.1) is 0 Å². The third-order valence-electron chi connectivity index (χ3n) is 2.00. The van der Waals surface area contributed by atoms with Crippen LogP contribution in [0.25, 0.3) is 0 Å². The van der Waals surface area contributed by atoms with Crippen molar-refractivity contribution in [3.05, 3.63) is 0 Å². The standard InChI is InChI=1S/C10H24N2/c1-4-6-10(3)9-12-8-7-11-5-2/h10-12H,4-9H2,1-3H3. The molecule has 0 spiro atoms. The molecule has 0 aromatic carbocycles. The summed E-state index contributed by atoms with van der Waals surface area (Å²) in [4.78, 5) is 0. The third kappa shape index (κ3) is 8.02. The number of hydrogen-bond donors (Lipinski definition) is 2. The predicted octanol–water partition coefficient (Wildman–Crippen LogP) is 1.62. The van der Waals surface area contributed by atoms with Crippen molar-refractivity contribution in [2.24, 2.45) is 5.92 Å². The Balaban J connectivity index is 2.97. The van der Waals surface area contributed by atoms with E-state index in [1.165, 1.54) is 19.4 Å². The molecule has 0 aliphatic heterocycles. The van der Waals surface area contributed by atoms with Crippen molar-refractivity contribution in [3.8, 4) is 0 Å². The van der Waals surface area contributed by atoms with Gasteiger partial charge in [-0.3, -0.25) is 0 Å². The van der Waals surface area contributed by atoms with E-state index >= 15 is 0 Å². The van der Waals surface area contributed by atoms with E-state index in [0.717, 1.165) is 25.6 Å². The van der Waals surface area contributed by atoms with Crippen molar-refractivity contribution >= 4 is 0 Å². The van der Waals surface area contributed by atoms with Crippen LogP contribution in [0.1, 0.15) is 33.6 Å². The van der Waals surface area contributed by atoms with Gasteiger partial charge in [0.15, 0.2) is 0 Å². The molecule has 2 N–H and O–H groups in total. The summed E-state index contributed by atoms with van der Waals surface area (Å²) in [5, 5.41) is 6.73. The number of hydrogen-bond acceptors (Lipinski definition) is 2. The van der Waals surface area contributed by atoms with Crippen molar-refractivity contribution in [1.82, 2.24) is 10.6 Å². The molecular formula is C10H24N2. The molecule has 2 nitrogen and oxygen atoms in total. The average molecular weight is 172 g/mol. The molecule has 12 heavy (non-hydrogen) atoms. The van der Waals surface area contributed by atoms with Crippen molar-refractivity contribution in [2.45, 2.75) is 33.6 Å². The minimum Gasteiger partial charge on any atom is -0.316 e. The van der Waals surface area contributed by atoms with Crippen LogP contribution in [0.3, 0.4) is 0 Å². The zero-order valence-electron chi connectivity index (χ0n) is 8.82. The molecule has 1 unspecified atom stereocenters. The maximum absolute atomic E-state index is 3.44. The first-order valence-electron chi connectivity index (χ1n) is 5.22. The minimum atomic E-state index is 0.830. The van der Waals surface area contributed by atoms with Crippen LogP contribution in [0.15, 0.2) is 0 Å². The molecule has 0 heterocycles. The van der Waals surface area contributed by atoms with Gasteiger partial charge in [0.25, 0.3) is 0 Å². The molecular weight excluding hydrogens is 148 g/mol. The molecule has 2 heteroatoms. The highest BCUT2D eigenvalue weighted by Crippen LogP contribution is 2.01. The van der Waals surface area contributed by atoms with Gasteiger partial charge in [-0.05, 0) is 25.4 Å². The quantitative estimate of drug-likeness (QED) is 0.544. The maximum atomic E-state index is 3.44. The summed E-state index contributed by atoms with van der Waals surface area (Å²) in [5.41, 5.74) is 0. The molecule has 1 atom stereocenters. The molecule has 74 valence electrons. The lowest BCUT2D eigenvalue weighted by atomic mass is 10.1. The Bertz CT molecular complexity index is 83.9. The molecule has 0 radical (unpaired) electrons. The lowest BCUT2D eigenvalue weighted by molar-refractivity contribution is 0.473. The van der Waals surface area contributed by atoms with Gasteiger partial charge in [-0.15, -0.1) is 0 Å². The van der Waals surface area contributed by atoms with Gasteiger partial charge >= 0.3 is 0 Å². The molecule has 0 aliphatic rings. The molecule has 0 bridgehead atoms. The van der Waals surface area contributed by atoms with Crippen LogP contribution in [-0.4, -0.2) is 26.2 Å². The summed E-state index contributed by atoms with van der Waals surface area (Å²) >= 11 is 0. The molecule has 0 aliphatic carbocycles. The highest BCUT2D eigenvalue weighted by Gasteiger charge is 1.98. The van der Waals surface area contributed by atoms with Gasteiger partial charge in [-0.2, -0.15) is 0 Å². The van der Waals surface area contributed by atoms with E-state index in [2.05, 4.69) is 31.4 Å². The highest BCUT2D eigenvalue weighted by molar-refractivity contribution is 4.57. The van der Waals surface area contributed by atoms with Crippen LogP contribution in [0.5, 0.6) is 0 Å². The molecule has 0 saturated heterocycles. The van der Waals surface area contributed by atoms with Crippen LogP contribution in [-0.2, 0) is 0 Å². The number of likely N-dealkylation sites (N-methyl/N-ethyl adjacent to an activating group) is 1. The Morgan fingerprint density at radius 2 is 1.75 bits per heavy atom. The molecule has 0 amide bonds. The van der Waals surface area contributed by atoms with Crippen LogP contribution < -0.4 is 10.6 Å². The molecule has 0 aromatic rings. The molecule has 0 aromatic heterocycles. The minimum absolute atomic E-state index is 0.830. The van der Waals surface area contributed by atoms with Crippen LogP contribution in [0.2, 0.25) is 0 Å². The van der Waals surface area contributed by atoms with Gasteiger partial charge in [0, 0.05) is 13.1 Å². The lowest BCUT2D eigenvalue weighted by Gasteiger charge is -2.11. The average Bonchev–Trinajstić information content (AvgIpc) is 2.05. The Morgan fingerprint density at radius 1 is 1.08 bits per heavy atom. The second-order valence-corrected chi connectivity index (χ2v) is 3.45. The highest BCUT2D eigenvalue weighted by atomic mass is 14.9. The number of rotatable bonds is 8. The molecule has 0 rings (SSSR count). The summed E-state index contributed by atoms with van der Waals surface area (Å²) in [6.07, 6.45) is 2.64. The van der Waals surface area contributed by atoms with E-state index in [0.29, 0.717) is 0 Å². The van der Waals surface area contributed by atoms with E-state index < -0.39 is 0 Å². The zero-order valence-corrected chi connectivity index (χ0v) is 8.82. The normalized spacial score (nSPS) is 13.2. The fourth-order valence-electron chi connectivity index (χ4n) is 1.30. The summed E-state index contributed by atoms with van der Waals surface area (Å²) < 4.78 is 0. The maximum Gasteiger partial charge on any atom is 0.00768 e. The Morgan fingerprint density at radius 3 is 2.33 bits per heavy atom. The Hall–Kier alpha value is -0.0800. The van der Waals surface area contributed by atoms with Gasteiger partial charge in [-0.25, -0.2) is 0 Å². The monoisotopic (exact) mass is 172 g/mol. The summed E-state index contributed by atoms with van der Waals surface area (Å²) in [5.74, 6) is 0.830. The van der Waals surface area contributed by atoms with Crippen LogP contribution in [0.4, 0.5) is 0 Å². The predicted molar refractivity (Wildman–Crippen MR) is 55.5 cm³/mol. The lowest BCUT2D eigenvalue weighted by Crippen LogP contribution is -2.30. The summed E-state index contributed by atoms with van der Waals surface area (Å²) in [7, 11) is 0. The van der Waals surface area contributed by atoms with Gasteiger partial charge < -0.3 is 10.6 Å². The van der Waals surface area contributed by atoms with Crippen LogP contribution in [0, 0.1) is 5.92 Å². The SMILES string of the molecule is CCCC(C)CNCCNCC. The summed E-state index contributed by atoms with van der Waals surface area (Å²) in [6, 6.07) is 0. The second-order valence-electron chi connectivity index (χ2n) is 3.45. The van der Waals surface area contributed by atoms with E-state index in [1.807, 2.05) is 0 Å². The first-order chi connectivity index (χ1) is 5.81. The Kier molecular flexibility index (Phi) is 8.95. The van der Waals surface area contributed by atoms with Crippen LogP contribution >= 0.6 is 0 Å². The van der Waals surface area contributed by atoms with E-state index in [9.17, 15) is 0 Å². The van der Waals surface area contributed by atoms with E-state index in [4.69, 9.17) is 0 Å². The van der Waals surface area contributed by atoms with E-state index in [-0.39, 0.29) is 0 Å². The number of nitrogens with one attached hydrogen (secondary N) is 2. The van der Waals surface area contributed by atoms with Gasteiger partial charge in [0.2, 0.25) is 0 Å². The van der Waals surface area contributed by atoms with Crippen molar-refractivity contribution in [3.63, 3.8) is 0 Å². The fourth-order valence-corrected chi connectivity index (χ4v) is 1.30. The van der Waals surface area contributed by atoms with Gasteiger partial charge in [0.1, 0.15) is 0 Å². The van der Waals surface area contributed by atoms with E-state index in [1.54, 1.807) is 0 Å². The largest absolute Gasteiger partial charge is 0.316 e. The summed E-state index contributed by atoms with van der Waals surface area (Å²) in [6.45, 7) is 11.1. The van der Waals surface area contributed by atoms with Crippen molar-refractivity contribution in [2.75, 3.05) is 26.2 Å². The topological polar surface area (TPSA) is 24.1 Å². The first-order valence-corrected chi connectivity index (χ1v) is 5.22. The third-order valence-corrected chi connectivity index (χ3v) is 2.00.